The average Bonchev–Trinajstić information content (AvgIpc) is 2.88. The third-order valence-electron chi connectivity index (χ3n) is 3.12. The average molecular weight is 318 g/mol. The van der Waals surface area contributed by atoms with Crippen molar-refractivity contribution >= 4 is 40.1 Å². The molecule has 0 aliphatic rings. The van der Waals surface area contributed by atoms with Gasteiger partial charge in [-0.15, -0.1) is 11.8 Å². The number of benzene rings is 1. The van der Waals surface area contributed by atoms with E-state index in [0.29, 0.717) is 11.0 Å². The Morgan fingerprint density at radius 1 is 1.41 bits per heavy atom. The summed E-state index contributed by atoms with van der Waals surface area (Å²) in [5.41, 5.74) is 0.731. The van der Waals surface area contributed by atoms with E-state index in [1.807, 2.05) is 6.26 Å². The van der Waals surface area contributed by atoms with E-state index in [0.717, 1.165) is 4.90 Å². The van der Waals surface area contributed by atoms with Gasteiger partial charge in [-0.25, -0.2) is 9.18 Å². The Balaban J connectivity index is 2.10. The van der Waals surface area contributed by atoms with E-state index in [1.165, 1.54) is 30.2 Å². The van der Waals surface area contributed by atoms with Gasteiger partial charge in [0.05, 0.1) is 11.1 Å². The summed E-state index contributed by atoms with van der Waals surface area (Å²) in [6.45, 7) is 0. The lowest BCUT2D eigenvalue weighted by atomic mass is 10.2. The van der Waals surface area contributed by atoms with Gasteiger partial charge in [-0.2, -0.15) is 0 Å². The minimum Gasteiger partial charge on any atom is -0.475 e. The summed E-state index contributed by atoms with van der Waals surface area (Å²) in [5, 5.41) is 12.5. The molecule has 112 valence electrons. The number of fused-ring (bicyclic) bond motifs is 1. The molecule has 3 aromatic rings. The number of nitrogens with zero attached hydrogens (tertiary/aromatic N) is 1. The molecule has 2 N–H and O–H groups in total. The number of halogens is 1. The number of aromatic nitrogens is 1. The first kappa shape index (κ1) is 14.4. The van der Waals surface area contributed by atoms with Crippen LogP contribution in [-0.4, -0.2) is 22.3 Å². The number of aromatic carboxylic acids is 1. The van der Waals surface area contributed by atoms with Gasteiger partial charge in [-0.3, -0.25) is 4.98 Å². The zero-order valence-electron chi connectivity index (χ0n) is 11.5. The lowest BCUT2D eigenvalue weighted by Crippen LogP contribution is -2.01. The molecule has 0 radical (unpaired) electrons. The zero-order chi connectivity index (χ0) is 15.7. The Kier molecular flexibility index (Phi) is 3.72. The third kappa shape index (κ3) is 2.50. The molecule has 1 aromatic carbocycles. The molecule has 0 saturated heterocycles. The smallest absolute Gasteiger partial charge is 0.374 e. The van der Waals surface area contributed by atoms with Crippen molar-refractivity contribution < 1.29 is 18.7 Å². The molecular weight excluding hydrogens is 307 g/mol. The summed E-state index contributed by atoms with van der Waals surface area (Å²) < 4.78 is 19.4. The second-order valence-electron chi connectivity index (χ2n) is 4.45. The minimum absolute atomic E-state index is 0.173. The van der Waals surface area contributed by atoms with Crippen molar-refractivity contribution in [3.8, 4) is 0 Å². The first-order chi connectivity index (χ1) is 10.6. The van der Waals surface area contributed by atoms with E-state index < -0.39 is 11.8 Å². The molecule has 22 heavy (non-hydrogen) atoms. The third-order valence-corrected chi connectivity index (χ3v) is 3.84. The highest BCUT2D eigenvalue weighted by atomic mass is 32.2. The molecule has 0 unspecified atom stereocenters. The van der Waals surface area contributed by atoms with Crippen LogP contribution in [0.4, 0.5) is 15.8 Å². The Morgan fingerprint density at radius 2 is 2.23 bits per heavy atom. The molecular formula is C15H11FN2O3S. The number of hydrogen-bond donors (Lipinski definition) is 2. The van der Waals surface area contributed by atoms with Crippen LogP contribution in [0.1, 0.15) is 10.6 Å². The van der Waals surface area contributed by atoms with E-state index in [4.69, 9.17) is 4.42 Å². The maximum atomic E-state index is 14.1. The van der Waals surface area contributed by atoms with Gasteiger partial charge in [0, 0.05) is 17.3 Å². The van der Waals surface area contributed by atoms with Crippen LogP contribution in [0, 0.1) is 5.82 Å². The van der Waals surface area contributed by atoms with Crippen LogP contribution in [-0.2, 0) is 0 Å². The fourth-order valence-electron chi connectivity index (χ4n) is 2.08. The van der Waals surface area contributed by atoms with Crippen molar-refractivity contribution in [1.82, 2.24) is 4.98 Å². The molecule has 0 fully saturated rings. The van der Waals surface area contributed by atoms with E-state index in [1.54, 1.807) is 18.2 Å². The normalized spacial score (nSPS) is 10.8. The maximum absolute atomic E-state index is 14.1. The SMILES string of the molecule is CSc1ccc(Nc2c(C(=O)O)oc3ccncc23)c(F)c1. The van der Waals surface area contributed by atoms with Crippen LogP contribution < -0.4 is 5.32 Å². The van der Waals surface area contributed by atoms with Gasteiger partial charge in [-0.1, -0.05) is 0 Å². The number of furan rings is 1. The Labute approximate surface area is 129 Å². The molecule has 3 rings (SSSR count). The minimum atomic E-state index is -1.24. The topological polar surface area (TPSA) is 75.4 Å². The summed E-state index contributed by atoms with van der Waals surface area (Å²) >= 11 is 1.42. The van der Waals surface area contributed by atoms with E-state index >= 15 is 0 Å². The van der Waals surface area contributed by atoms with Crippen LogP contribution in [0.3, 0.4) is 0 Å². The van der Waals surface area contributed by atoms with E-state index in [2.05, 4.69) is 10.3 Å². The van der Waals surface area contributed by atoms with Crippen LogP contribution in [0.25, 0.3) is 11.0 Å². The molecule has 2 aromatic heterocycles. The molecule has 0 aliphatic carbocycles. The summed E-state index contributed by atoms with van der Waals surface area (Å²) in [6, 6.07) is 6.24. The van der Waals surface area contributed by atoms with Crippen molar-refractivity contribution in [3.05, 3.63) is 48.2 Å². The number of carbonyl (C=O) groups is 1. The van der Waals surface area contributed by atoms with Gasteiger partial charge in [-0.05, 0) is 30.5 Å². The van der Waals surface area contributed by atoms with Crippen molar-refractivity contribution in [2.24, 2.45) is 0 Å². The molecule has 7 heteroatoms. The van der Waals surface area contributed by atoms with E-state index in [-0.39, 0.29) is 17.1 Å². The first-order valence-corrected chi connectivity index (χ1v) is 7.53. The summed E-state index contributed by atoms with van der Waals surface area (Å²) in [5.74, 6) is -1.99. The summed E-state index contributed by atoms with van der Waals surface area (Å²) in [7, 11) is 0. The standard InChI is InChI=1S/C15H11FN2O3S/c1-22-8-2-3-11(10(16)6-8)18-13-9-7-17-5-4-12(9)21-14(13)15(19)20/h2-7,18H,1H3,(H,19,20). The molecule has 0 aliphatic heterocycles. The molecule has 5 nitrogen and oxygen atoms in total. The van der Waals surface area contributed by atoms with Crippen molar-refractivity contribution in [2.75, 3.05) is 11.6 Å². The van der Waals surface area contributed by atoms with Gasteiger partial charge in [0.1, 0.15) is 17.1 Å². The van der Waals surface area contributed by atoms with Crippen LogP contribution in [0.15, 0.2) is 46.0 Å². The number of hydrogen-bond acceptors (Lipinski definition) is 5. The molecule has 0 spiro atoms. The molecule has 2 heterocycles. The number of rotatable bonds is 4. The fraction of sp³-hybridized carbons (Fsp3) is 0.0667. The Morgan fingerprint density at radius 3 is 2.91 bits per heavy atom. The van der Waals surface area contributed by atoms with E-state index in [9.17, 15) is 14.3 Å². The quantitative estimate of drug-likeness (QED) is 0.704. The van der Waals surface area contributed by atoms with Gasteiger partial charge >= 0.3 is 5.97 Å². The lowest BCUT2D eigenvalue weighted by Gasteiger charge is -2.08. The predicted octanol–water partition coefficient (Wildman–Crippen LogP) is 4.13. The Bertz CT molecular complexity index is 863. The van der Waals surface area contributed by atoms with Crippen LogP contribution in [0.5, 0.6) is 0 Å². The van der Waals surface area contributed by atoms with Gasteiger partial charge in [0.25, 0.3) is 0 Å². The maximum Gasteiger partial charge on any atom is 0.374 e. The zero-order valence-corrected chi connectivity index (χ0v) is 12.3. The largest absolute Gasteiger partial charge is 0.475 e. The molecule has 0 amide bonds. The molecule has 0 atom stereocenters. The number of pyridine rings is 1. The lowest BCUT2D eigenvalue weighted by molar-refractivity contribution is 0.0666. The fourth-order valence-corrected chi connectivity index (χ4v) is 2.50. The number of carboxylic acid groups (broad SMARTS) is 1. The summed E-state index contributed by atoms with van der Waals surface area (Å²) in [4.78, 5) is 16.0. The highest BCUT2D eigenvalue weighted by Crippen LogP contribution is 2.34. The Hall–Kier alpha value is -2.54. The van der Waals surface area contributed by atoms with Gasteiger partial charge < -0.3 is 14.8 Å². The highest BCUT2D eigenvalue weighted by molar-refractivity contribution is 7.98. The number of anilines is 2. The summed E-state index contributed by atoms with van der Waals surface area (Å²) in [6.07, 6.45) is 4.82. The van der Waals surface area contributed by atoms with Crippen LogP contribution in [0.2, 0.25) is 0 Å². The number of carboxylic acids is 1. The van der Waals surface area contributed by atoms with Crippen LogP contribution >= 0.6 is 11.8 Å². The van der Waals surface area contributed by atoms with Crippen molar-refractivity contribution in [2.45, 2.75) is 4.90 Å². The number of thioether (sulfide) groups is 1. The van der Waals surface area contributed by atoms with Gasteiger partial charge in [0.2, 0.25) is 5.76 Å². The van der Waals surface area contributed by atoms with Crippen molar-refractivity contribution in [3.63, 3.8) is 0 Å². The second-order valence-corrected chi connectivity index (χ2v) is 5.33. The van der Waals surface area contributed by atoms with Crippen molar-refractivity contribution in [1.29, 1.82) is 0 Å². The number of nitrogens with one attached hydrogen (secondary N) is 1. The first-order valence-electron chi connectivity index (χ1n) is 6.30. The second kappa shape index (κ2) is 5.69. The highest BCUT2D eigenvalue weighted by Gasteiger charge is 2.21. The predicted molar refractivity (Wildman–Crippen MR) is 82.4 cm³/mol. The monoisotopic (exact) mass is 318 g/mol. The molecule has 0 bridgehead atoms. The van der Waals surface area contributed by atoms with Gasteiger partial charge in [0.15, 0.2) is 0 Å². The molecule has 0 saturated carbocycles.